The fraction of sp³-hybridized carbons (Fsp3) is 0.625. The highest BCUT2D eigenvalue weighted by atomic mass is 16.2. The molecule has 1 saturated carbocycles. The van der Waals surface area contributed by atoms with Gasteiger partial charge in [-0.15, -0.1) is 0 Å². The van der Waals surface area contributed by atoms with E-state index < -0.39 is 0 Å². The van der Waals surface area contributed by atoms with Crippen molar-refractivity contribution in [3.05, 3.63) is 23.4 Å². The maximum atomic E-state index is 12.6. The maximum absolute atomic E-state index is 12.6. The fourth-order valence-corrected chi connectivity index (χ4v) is 3.81. The number of nitrogens with two attached hydrogens (primary N) is 1. The second-order valence-corrected chi connectivity index (χ2v) is 6.42. The van der Waals surface area contributed by atoms with Crippen LogP contribution < -0.4 is 5.73 Å². The number of amides is 1. The van der Waals surface area contributed by atoms with Gasteiger partial charge in [0, 0.05) is 24.3 Å². The number of piperidine rings is 1. The molecule has 20 heavy (non-hydrogen) atoms. The molecule has 1 aromatic rings. The van der Waals surface area contributed by atoms with Gasteiger partial charge in [0.2, 0.25) is 0 Å². The van der Waals surface area contributed by atoms with E-state index in [1.807, 2.05) is 17.9 Å². The first-order valence-corrected chi connectivity index (χ1v) is 7.61. The number of likely N-dealkylation sites (tertiary alicyclic amines) is 1. The molecule has 2 N–H and O–H groups in total. The van der Waals surface area contributed by atoms with Gasteiger partial charge in [0.15, 0.2) is 0 Å². The average molecular weight is 273 g/mol. The van der Waals surface area contributed by atoms with E-state index in [1.165, 1.54) is 25.7 Å². The SMILES string of the molecule is Cc1cc(C(=O)N2CCC3(CCCC3)CC2)cc(N)n1. The topological polar surface area (TPSA) is 59.2 Å². The van der Waals surface area contributed by atoms with Crippen molar-refractivity contribution in [2.75, 3.05) is 18.8 Å². The molecule has 4 nitrogen and oxygen atoms in total. The number of carbonyl (C=O) groups excluding carboxylic acids is 1. The zero-order valence-electron chi connectivity index (χ0n) is 12.2. The smallest absolute Gasteiger partial charge is 0.254 e. The Morgan fingerprint density at radius 2 is 1.85 bits per heavy atom. The van der Waals surface area contributed by atoms with Crippen LogP contribution in [0.5, 0.6) is 0 Å². The van der Waals surface area contributed by atoms with Crippen molar-refractivity contribution in [1.82, 2.24) is 9.88 Å². The van der Waals surface area contributed by atoms with Gasteiger partial charge in [-0.25, -0.2) is 4.98 Å². The third-order valence-electron chi connectivity index (χ3n) is 5.00. The summed E-state index contributed by atoms with van der Waals surface area (Å²) in [6.07, 6.45) is 7.78. The number of pyridine rings is 1. The minimum Gasteiger partial charge on any atom is -0.384 e. The van der Waals surface area contributed by atoms with E-state index in [4.69, 9.17) is 5.73 Å². The Kier molecular flexibility index (Phi) is 3.40. The number of rotatable bonds is 1. The molecule has 1 spiro atoms. The van der Waals surface area contributed by atoms with Crippen molar-refractivity contribution in [2.24, 2.45) is 5.41 Å². The highest BCUT2D eigenvalue weighted by molar-refractivity contribution is 5.95. The number of hydrogen-bond donors (Lipinski definition) is 1. The Labute approximate surface area is 120 Å². The highest BCUT2D eigenvalue weighted by Gasteiger charge is 2.38. The molecule has 1 aliphatic heterocycles. The van der Waals surface area contributed by atoms with Crippen molar-refractivity contribution >= 4 is 11.7 Å². The fourth-order valence-electron chi connectivity index (χ4n) is 3.81. The van der Waals surface area contributed by atoms with Crippen LogP contribution in [-0.4, -0.2) is 28.9 Å². The van der Waals surface area contributed by atoms with Gasteiger partial charge in [-0.2, -0.15) is 0 Å². The molecule has 0 bridgehead atoms. The van der Waals surface area contributed by atoms with E-state index >= 15 is 0 Å². The predicted molar refractivity (Wildman–Crippen MR) is 79.4 cm³/mol. The van der Waals surface area contributed by atoms with Crippen LogP contribution in [0.3, 0.4) is 0 Å². The molecule has 1 amide bonds. The van der Waals surface area contributed by atoms with E-state index in [9.17, 15) is 4.79 Å². The van der Waals surface area contributed by atoms with Gasteiger partial charge in [0.25, 0.3) is 5.91 Å². The first-order valence-electron chi connectivity index (χ1n) is 7.61. The summed E-state index contributed by atoms with van der Waals surface area (Å²) < 4.78 is 0. The van der Waals surface area contributed by atoms with E-state index in [0.717, 1.165) is 31.6 Å². The average Bonchev–Trinajstić information content (AvgIpc) is 2.86. The van der Waals surface area contributed by atoms with Crippen LogP contribution in [-0.2, 0) is 0 Å². The van der Waals surface area contributed by atoms with E-state index in [2.05, 4.69) is 4.98 Å². The number of aromatic nitrogens is 1. The molecule has 0 aromatic carbocycles. The molecule has 3 rings (SSSR count). The minimum absolute atomic E-state index is 0.107. The quantitative estimate of drug-likeness (QED) is 0.856. The Morgan fingerprint density at radius 3 is 2.45 bits per heavy atom. The zero-order chi connectivity index (χ0) is 14.2. The van der Waals surface area contributed by atoms with Gasteiger partial charge in [0.05, 0.1) is 0 Å². The molecule has 2 heterocycles. The number of hydrogen-bond acceptors (Lipinski definition) is 3. The van der Waals surface area contributed by atoms with E-state index in [0.29, 0.717) is 16.8 Å². The first kappa shape index (κ1) is 13.4. The molecule has 1 aliphatic carbocycles. The summed E-state index contributed by atoms with van der Waals surface area (Å²) in [7, 11) is 0. The maximum Gasteiger partial charge on any atom is 0.254 e. The third-order valence-corrected chi connectivity index (χ3v) is 5.00. The van der Waals surface area contributed by atoms with Crippen LogP contribution in [0, 0.1) is 12.3 Å². The standard InChI is InChI=1S/C16H23N3O/c1-12-10-13(11-14(17)18-12)15(20)19-8-6-16(7-9-19)4-2-3-5-16/h10-11H,2-9H2,1H3,(H2,17,18). The lowest BCUT2D eigenvalue weighted by Gasteiger charge is -2.39. The normalized spacial score (nSPS) is 21.4. The molecule has 4 heteroatoms. The molecule has 0 atom stereocenters. The molecular formula is C16H23N3O. The lowest BCUT2D eigenvalue weighted by atomic mass is 9.77. The van der Waals surface area contributed by atoms with Gasteiger partial charge in [0.1, 0.15) is 5.82 Å². The van der Waals surface area contributed by atoms with Gasteiger partial charge < -0.3 is 10.6 Å². The summed E-state index contributed by atoms with van der Waals surface area (Å²) in [5.41, 5.74) is 7.77. The lowest BCUT2D eigenvalue weighted by Crippen LogP contribution is -2.42. The molecular weight excluding hydrogens is 250 g/mol. The summed E-state index contributed by atoms with van der Waals surface area (Å²) >= 11 is 0. The predicted octanol–water partition coefficient (Wildman–Crippen LogP) is 2.77. The first-order chi connectivity index (χ1) is 9.58. The second-order valence-electron chi connectivity index (χ2n) is 6.42. The molecule has 0 unspecified atom stereocenters. The minimum atomic E-state index is 0.107. The summed E-state index contributed by atoms with van der Waals surface area (Å²) in [5.74, 6) is 0.535. The summed E-state index contributed by atoms with van der Waals surface area (Å²) in [5, 5.41) is 0. The third kappa shape index (κ3) is 2.51. The second kappa shape index (κ2) is 5.08. The van der Waals surface area contributed by atoms with Gasteiger partial charge in [-0.1, -0.05) is 12.8 Å². The van der Waals surface area contributed by atoms with E-state index in [-0.39, 0.29) is 5.91 Å². The highest BCUT2D eigenvalue weighted by Crippen LogP contribution is 2.46. The van der Waals surface area contributed by atoms with Crippen molar-refractivity contribution in [3.8, 4) is 0 Å². The Bertz CT molecular complexity index is 490. The summed E-state index contributed by atoms with van der Waals surface area (Å²) in [6, 6.07) is 3.52. The summed E-state index contributed by atoms with van der Waals surface area (Å²) in [6.45, 7) is 3.65. The molecule has 108 valence electrons. The lowest BCUT2D eigenvalue weighted by molar-refractivity contribution is 0.0587. The Balaban J connectivity index is 1.69. The van der Waals surface area contributed by atoms with Crippen molar-refractivity contribution in [2.45, 2.75) is 45.4 Å². The molecule has 2 fully saturated rings. The Hall–Kier alpha value is -1.58. The van der Waals surface area contributed by atoms with Gasteiger partial charge in [-0.05, 0) is 50.2 Å². The Morgan fingerprint density at radius 1 is 1.20 bits per heavy atom. The number of nitrogens with zero attached hydrogens (tertiary/aromatic N) is 2. The number of carbonyl (C=O) groups is 1. The van der Waals surface area contributed by atoms with Crippen molar-refractivity contribution in [1.29, 1.82) is 0 Å². The van der Waals surface area contributed by atoms with Crippen LogP contribution in [0.1, 0.15) is 54.6 Å². The largest absolute Gasteiger partial charge is 0.384 e. The van der Waals surface area contributed by atoms with Crippen LogP contribution in [0.2, 0.25) is 0 Å². The number of anilines is 1. The number of aryl methyl sites for hydroxylation is 1. The molecule has 0 radical (unpaired) electrons. The zero-order valence-corrected chi connectivity index (χ0v) is 12.2. The van der Waals surface area contributed by atoms with Crippen molar-refractivity contribution in [3.63, 3.8) is 0 Å². The van der Waals surface area contributed by atoms with E-state index in [1.54, 1.807) is 6.07 Å². The van der Waals surface area contributed by atoms with Gasteiger partial charge >= 0.3 is 0 Å². The molecule has 2 aliphatic rings. The molecule has 1 aromatic heterocycles. The van der Waals surface area contributed by atoms with Crippen LogP contribution in [0.25, 0.3) is 0 Å². The summed E-state index contributed by atoms with van der Waals surface area (Å²) in [4.78, 5) is 18.7. The van der Waals surface area contributed by atoms with Crippen LogP contribution >= 0.6 is 0 Å². The molecule has 1 saturated heterocycles. The number of nitrogen functional groups attached to an aromatic ring is 1. The van der Waals surface area contributed by atoms with Crippen molar-refractivity contribution < 1.29 is 4.79 Å². The monoisotopic (exact) mass is 273 g/mol. The van der Waals surface area contributed by atoms with Crippen LogP contribution in [0.15, 0.2) is 12.1 Å². The van der Waals surface area contributed by atoms with Crippen LogP contribution in [0.4, 0.5) is 5.82 Å². The van der Waals surface area contributed by atoms with Gasteiger partial charge in [-0.3, -0.25) is 4.79 Å².